The predicted octanol–water partition coefficient (Wildman–Crippen LogP) is -0.175. The number of rotatable bonds is 4. The summed E-state index contributed by atoms with van der Waals surface area (Å²) in [6.45, 7) is -0.228. The molecule has 22 heteroatoms. The maximum Gasteiger partial charge on any atom is 0.255 e. The standard InChI is InChI=1S/2C22H20N4O7/c27-17-14-10(6-12-21(17)33-8-32-12)13-15(23-22(14)31)18(28)20(30)19(29)16(13)26-7-11(24-25-26)9-4-2-1-3-5-9;27-17-14-10(6-12-21(17)33-8-32-12)13-15(24-22(14)31)18(28)20(30)19(29)16(13)26-11(7-23-25-26)9-4-2-1-3-5-9/h1-7,13,15-16,18-20,27-30H,8H2,(H,23,31);1-7,13,15-16,18-20,27-30H,8H2,(H,24,31)/t2*13-,15-,16-,18+,19+,20+/m11/s1. The fourth-order valence-corrected chi connectivity index (χ4v) is 10.2. The summed E-state index contributed by atoms with van der Waals surface area (Å²) in [6, 6.07) is 17.9. The number of aromatic hydroxyl groups is 2. The van der Waals surface area contributed by atoms with Gasteiger partial charge in [-0.15, -0.1) is 10.2 Å². The monoisotopic (exact) mass is 904 g/mol. The number of fused-ring (bicyclic) bond motifs is 8. The molecule has 12 rings (SSSR count). The molecule has 6 heterocycles. The topological polar surface area (TPSA) is 318 Å². The first kappa shape index (κ1) is 41.4. The van der Waals surface area contributed by atoms with Gasteiger partial charge in [0.05, 0.1) is 53.4 Å². The molecule has 2 aliphatic carbocycles. The minimum atomic E-state index is -1.56. The van der Waals surface area contributed by atoms with Gasteiger partial charge in [-0.3, -0.25) is 9.59 Å². The summed E-state index contributed by atoms with van der Waals surface area (Å²) in [6.07, 6.45) is -5.76. The molecular formula is C44H40N8O14. The van der Waals surface area contributed by atoms with Crippen molar-refractivity contribution in [2.24, 2.45) is 0 Å². The highest BCUT2D eigenvalue weighted by molar-refractivity contribution is 6.02. The summed E-state index contributed by atoms with van der Waals surface area (Å²) < 4.78 is 24.3. The van der Waals surface area contributed by atoms with Crippen molar-refractivity contribution in [2.75, 3.05) is 13.6 Å². The van der Waals surface area contributed by atoms with E-state index in [0.717, 1.165) is 11.1 Å². The lowest BCUT2D eigenvalue weighted by molar-refractivity contribution is -0.128. The SMILES string of the molecule is O=C1N[C@H]2[C@H](O)[C@H](O)[C@@H](O)[C@H](n3cc(-c4ccccc4)nn3)[C@@H]2c2cc3c(c(O)c21)OCO3.O=C1N[C@H]2[C@H](O)[C@H](O)[C@@H](O)[C@H](n3nncc3-c3ccccc3)[C@@H]2c2cc3c(c(O)c21)OCO3. The molecular weight excluding hydrogens is 865 g/mol. The van der Waals surface area contributed by atoms with E-state index in [0.29, 0.717) is 22.5 Å². The fourth-order valence-electron chi connectivity index (χ4n) is 10.2. The van der Waals surface area contributed by atoms with Crippen molar-refractivity contribution < 1.29 is 69.4 Å². The number of amides is 2. The zero-order chi connectivity index (χ0) is 45.7. The Kier molecular flexibility index (Phi) is 9.83. The number of phenolic OH excluding ortho intramolecular Hbond substituents is 2. The highest BCUT2D eigenvalue weighted by Gasteiger charge is 2.57. The maximum absolute atomic E-state index is 12.9. The largest absolute Gasteiger partial charge is 0.504 e. The van der Waals surface area contributed by atoms with Gasteiger partial charge in [0.1, 0.15) is 42.3 Å². The van der Waals surface area contributed by atoms with E-state index < -0.39 is 84.4 Å². The van der Waals surface area contributed by atoms with Crippen molar-refractivity contribution in [1.29, 1.82) is 0 Å². The molecule has 2 aromatic heterocycles. The van der Waals surface area contributed by atoms with Gasteiger partial charge in [-0.05, 0) is 23.3 Å². The van der Waals surface area contributed by atoms with E-state index in [2.05, 4.69) is 31.3 Å². The Labute approximate surface area is 371 Å². The minimum Gasteiger partial charge on any atom is -0.504 e. The fraction of sp³-hybridized carbons (Fsp3) is 0.318. The number of carbonyl (C=O) groups excluding carboxylic acids is 2. The van der Waals surface area contributed by atoms with Crippen molar-refractivity contribution in [3.8, 4) is 57.0 Å². The third kappa shape index (κ3) is 6.24. The normalized spacial score (nSPS) is 29.8. The van der Waals surface area contributed by atoms with Crippen LogP contribution >= 0.6 is 0 Å². The smallest absolute Gasteiger partial charge is 0.255 e. The predicted molar refractivity (Wildman–Crippen MR) is 221 cm³/mol. The van der Waals surface area contributed by atoms with E-state index in [-0.39, 0.29) is 59.2 Å². The van der Waals surface area contributed by atoms with E-state index in [1.165, 1.54) is 15.6 Å². The number of aliphatic hydroxyl groups is 6. The number of phenols is 2. The van der Waals surface area contributed by atoms with Gasteiger partial charge in [-0.1, -0.05) is 71.1 Å². The van der Waals surface area contributed by atoms with Crippen molar-refractivity contribution in [2.45, 2.75) is 72.6 Å². The summed E-state index contributed by atoms with van der Waals surface area (Å²) in [4.78, 5) is 25.8. The summed E-state index contributed by atoms with van der Waals surface area (Å²) in [5.41, 5.74) is 3.32. The van der Waals surface area contributed by atoms with Crippen molar-refractivity contribution >= 4 is 11.8 Å². The average molecular weight is 905 g/mol. The van der Waals surface area contributed by atoms with Gasteiger partial charge < -0.3 is 70.4 Å². The Hall–Kier alpha value is -7.34. The molecule has 22 nitrogen and oxygen atoms in total. The summed E-state index contributed by atoms with van der Waals surface area (Å²) >= 11 is 0. The van der Waals surface area contributed by atoms with Gasteiger partial charge in [0.25, 0.3) is 11.8 Å². The molecule has 0 radical (unpaired) electrons. The first-order valence-electron chi connectivity index (χ1n) is 20.9. The van der Waals surface area contributed by atoms with Crippen LogP contribution in [0.2, 0.25) is 0 Å². The van der Waals surface area contributed by atoms with Crippen LogP contribution in [0.1, 0.15) is 55.8 Å². The van der Waals surface area contributed by atoms with Crippen LogP contribution in [0.15, 0.2) is 85.2 Å². The quantitative estimate of drug-likeness (QED) is 0.110. The van der Waals surface area contributed by atoms with Crippen molar-refractivity contribution in [1.82, 2.24) is 40.6 Å². The number of aliphatic hydroxyl groups excluding tert-OH is 6. The number of hydrogen-bond donors (Lipinski definition) is 10. The summed E-state index contributed by atoms with van der Waals surface area (Å²) in [5, 5.41) is 108. The zero-order valence-corrected chi connectivity index (χ0v) is 34.1. The second kappa shape index (κ2) is 15.7. The molecule has 10 N–H and O–H groups in total. The van der Waals surface area contributed by atoms with Gasteiger partial charge >= 0.3 is 0 Å². The molecule has 0 spiro atoms. The Morgan fingerprint density at radius 2 is 1.09 bits per heavy atom. The van der Waals surface area contributed by atoms with E-state index in [4.69, 9.17) is 18.9 Å². The van der Waals surface area contributed by atoms with Crippen LogP contribution in [0, 0.1) is 0 Å². The number of benzene rings is 4. The molecule has 66 heavy (non-hydrogen) atoms. The van der Waals surface area contributed by atoms with Crippen molar-refractivity contribution in [3.63, 3.8) is 0 Å². The Bertz CT molecular complexity index is 2880. The maximum atomic E-state index is 12.9. The third-order valence-electron chi connectivity index (χ3n) is 13.3. The van der Waals surface area contributed by atoms with Gasteiger partial charge in [-0.2, -0.15) is 0 Å². The second-order valence-corrected chi connectivity index (χ2v) is 16.7. The molecule has 0 unspecified atom stereocenters. The molecule has 4 aromatic carbocycles. The Morgan fingerprint density at radius 3 is 1.64 bits per heavy atom. The van der Waals surface area contributed by atoms with Gasteiger partial charge in [0.15, 0.2) is 23.0 Å². The number of hydrogen-bond acceptors (Lipinski definition) is 18. The van der Waals surface area contributed by atoms with E-state index >= 15 is 0 Å². The Balaban J connectivity index is 0.000000146. The van der Waals surface area contributed by atoms with Crippen LogP contribution in [0.25, 0.3) is 22.5 Å². The van der Waals surface area contributed by atoms with Crippen molar-refractivity contribution in [3.05, 3.63) is 107 Å². The number of nitrogens with one attached hydrogen (secondary N) is 2. The molecule has 2 fully saturated rings. The number of ether oxygens (including phenoxy) is 4. The van der Waals surface area contributed by atoms with Crippen LogP contribution in [0.4, 0.5) is 0 Å². The van der Waals surface area contributed by atoms with Crippen LogP contribution < -0.4 is 29.6 Å². The molecule has 12 atom stereocenters. The number of aromatic nitrogens is 6. The molecule has 2 saturated carbocycles. The zero-order valence-electron chi connectivity index (χ0n) is 34.1. The third-order valence-corrected chi connectivity index (χ3v) is 13.3. The van der Waals surface area contributed by atoms with Gasteiger partial charge in [-0.25, -0.2) is 9.36 Å². The minimum absolute atomic E-state index is 0.0373. The van der Waals surface area contributed by atoms with Crippen LogP contribution in [0.3, 0.4) is 0 Å². The van der Waals surface area contributed by atoms with Crippen LogP contribution in [-0.2, 0) is 0 Å². The van der Waals surface area contributed by atoms with Gasteiger partial charge in [0, 0.05) is 23.0 Å². The average Bonchev–Trinajstić information content (AvgIpc) is 4.18. The lowest BCUT2D eigenvalue weighted by Crippen LogP contribution is -2.65. The molecule has 2 amide bonds. The summed E-state index contributed by atoms with van der Waals surface area (Å²) in [5.74, 6) is -2.97. The lowest BCUT2D eigenvalue weighted by atomic mass is 9.68. The second-order valence-electron chi connectivity index (χ2n) is 16.7. The molecule has 6 aliphatic rings. The van der Waals surface area contributed by atoms with Crippen LogP contribution in [-0.4, -0.2) is 145 Å². The number of carbonyl (C=O) groups is 2. The number of nitrogens with zero attached hydrogens (tertiary/aromatic N) is 6. The molecule has 6 aromatic rings. The van der Waals surface area contributed by atoms with Crippen LogP contribution in [0.5, 0.6) is 34.5 Å². The van der Waals surface area contributed by atoms with E-state index in [1.54, 1.807) is 18.3 Å². The highest BCUT2D eigenvalue weighted by Crippen LogP contribution is 2.54. The first-order valence-corrected chi connectivity index (χ1v) is 20.9. The molecule has 0 saturated heterocycles. The van der Waals surface area contributed by atoms with E-state index in [1.807, 2.05) is 60.7 Å². The molecule has 340 valence electrons. The Morgan fingerprint density at radius 1 is 0.591 bits per heavy atom. The molecule has 0 bridgehead atoms. The highest BCUT2D eigenvalue weighted by atomic mass is 16.7. The first-order chi connectivity index (χ1) is 31.9. The van der Waals surface area contributed by atoms with E-state index in [9.17, 15) is 50.4 Å². The lowest BCUT2D eigenvalue weighted by Gasteiger charge is -2.49. The molecule has 4 aliphatic heterocycles. The van der Waals surface area contributed by atoms with Gasteiger partial charge in [0.2, 0.25) is 25.1 Å². The summed E-state index contributed by atoms with van der Waals surface area (Å²) in [7, 11) is 0.